The SMILES string of the molecule is Cn1c(NC/C=C/c2ccccc2)nc(-c2ccncc2)cc1=O. The van der Waals surface area contributed by atoms with E-state index in [1.54, 1.807) is 19.4 Å². The van der Waals surface area contributed by atoms with Crippen molar-refractivity contribution in [2.75, 3.05) is 11.9 Å². The van der Waals surface area contributed by atoms with Crippen LogP contribution in [0.5, 0.6) is 0 Å². The molecule has 0 amide bonds. The monoisotopic (exact) mass is 318 g/mol. The van der Waals surface area contributed by atoms with Gasteiger partial charge in [-0.05, 0) is 17.7 Å². The number of benzene rings is 1. The van der Waals surface area contributed by atoms with Gasteiger partial charge in [0.15, 0.2) is 0 Å². The minimum atomic E-state index is -0.105. The summed E-state index contributed by atoms with van der Waals surface area (Å²) < 4.78 is 1.50. The quantitative estimate of drug-likeness (QED) is 0.786. The summed E-state index contributed by atoms with van der Waals surface area (Å²) in [5, 5.41) is 3.18. The van der Waals surface area contributed by atoms with Gasteiger partial charge in [0.05, 0.1) is 5.69 Å². The van der Waals surface area contributed by atoms with Crippen molar-refractivity contribution >= 4 is 12.0 Å². The van der Waals surface area contributed by atoms with E-state index in [-0.39, 0.29) is 5.56 Å². The first-order chi connectivity index (χ1) is 11.7. The topological polar surface area (TPSA) is 59.8 Å². The predicted molar refractivity (Wildman–Crippen MR) is 96.7 cm³/mol. The van der Waals surface area contributed by atoms with Crippen molar-refractivity contribution in [3.05, 3.63) is 82.9 Å². The fraction of sp³-hybridized carbons (Fsp3) is 0.105. The molecule has 5 nitrogen and oxygen atoms in total. The average Bonchev–Trinajstić information content (AvgIpc) is 2.63. The first-order valence-electron chi connectivity index (χ1n) is 7.68. The molecule has 0 aliphatic carbocycles. The maximum Gasteiger partial charge on any atom is 0.255 e. The molecule has 0 aliphatic rings. The van der Waals surface area contributed by atoms with Crippen molar-refractivity contribution in [2.24, 2.45) is 7.05 Å². The Labute approximate surface area is 140 Å². The summed E-state index contributed by atoms with van der Waals surface area (Å²) in [5.74, 6) is 0.534. The Morgan fingerprint density at radius 1 is 1.12 bits per heavy atom. The number of aromatic nitrogens is 3. The van der Waals surface area contributed by atoms with Crippen LogP contribution in [0.4, 0.5) is 5.95 Å². The molecule has 3 rings (SSSR count). The van der Waals surface area contributed by atoms with Crippen molar-refractivity contribution in [3.63, 3.8) is 0 Å². The minimum Gasteiger partial charge on any atom is -0.352 e. The standard InChI is InChI=1S/C19H18N4O/c1-23-18(24)14-17(16-9-12-20-13-10-16)22-19(23)21-11-5-8-15-6-3-2-4-7-15/h2-10,12-14H,11H2,1H3,(H,21,22)/b8-5+. The van der Waals surface area contributed by atoms with Crippen molar-refractivity contribution in [1.29, 1.82) is 0 Å². The van der Waals surface area contributed by atoms with Crippen LogP contribution in [-0.2, 0) is 7.05 Å². The Balaban J connectivity index is 1.77. The van der Waals surface area contributed by atoms with Gasteiger partial charge in [0.25, 0.3) is 5.56 Å². The molecule has 0 aliphatic heterocycles. The molecule has 120 valence electrons. The van der Waals surface area contributed by atoms with Gasteiger partial charge in [-0.3, -0.25) is 14.3 Å². The van der Waals surface area contributed by atoms with Crippen LogP contribution >= 0.6 is 0 Å². The van der Waals surface area contributed by atoms with Crippen LogP contribution in [0.3, 0.4) is 0 Å². The van der Waals surface area contributed by atoms with Crippen LogP contribution in [0.15, 0.2) is 71.8 Å². The lowest BCUT2D eigenvalue weighted by Gasteiger charge is -2.10. The Hall–Kier alpha value is -3.21. The highest BCUT2D eigenvalue weighted by atomic mass is 16.1. The molecular weight excluding hydrogens is 300 g/mol. The van der Waals surface area contributed by atoms with E-state index in [4.69, 9.17) is 0 Å². The highest BCUT2D eigenvalue weighted by Gasteiger charge is 2.06. The summed E-state index contributed by atoms with van der Waals surface area (Å²) in [6, 6.07) is 15.2. The second-order valence-corrected chi connectivity index (χ2v) is 5.29. The maximum atomic E-state index is 12.1. The van der Waals surface area contributed by atoms with Crippen molar-refractivity contribution < 1.29 is 0 Å². The molecule has 3 aromatic rings. The molecule has 0 spiro atoms. The number of nitrogens with one attached hydrogen (secondary N) is 1. The molecular formula is C19H18N4O. The van der Waals surface area contributed by atoms with Crippen LogP contribution in [-0.4, -0.2) is 21.1 Å². The third kappa shape index (κ3) is 3.76. The average molecular weight is 318 g/mol. The molecule has 0 atom stereocenters. The zero-order valence-electron chi connectivity index (χ0n) is 13.4. The summed E-state index contributed by atoms with van der Waals surface area (Å²) in [5.41, 5.74) is 2.53. The zero-order valence-corrected chi connectivity index (χ0v) is 13.4. The van der Waals surface area contributed by atoms with Crippen molar-refractivity contribution in [1.82, 2.24) is 14.5 Å². The van der Waals surface area contributed by atoms with Gasteiger partial charge in [0.2, 0.25) is 5.95 Å². The van der Waals surface area contributed by atoms with Crippen LogP contribution < -0.4 is 10.9 Å². The number of rotatable bonds is 5. The fourth-order valence-electron chi connectivity index (χ4n) is 2.28. The van der Waals surface area contributed by atoms with Crippen molar-refractivity contribution in [3.8, 4) is 11.3 Å². The van der Waals surface area contributed by atoms with Gasteiger partial charge in [0, 0.05) is 37.6 Å². The summed E-state index contributed by atoms with van der Waals surface area (Å²) in [6.45, 7) is 0.578. The molecule has 2 heterocycles. The maximum absolute atomic E-state index is 12.1. The molecule has 0 saturated heterocycles. The molecule has 5 heteroatoms. The Kier molecular flexibility index (Phi) is 4.81. The lowest BCUT2D eigenvalue weighted by Crippen LogP contribution is -2.22. The van der Waals surface area contributed by atoms with E-state index in [0.717, 1.165) is 11.1 Å². The molecule has 0 radical (unpaired) electrons. The molecule has 1 N–H and O–H groups in total. The van der Waals surface area contributed by atoms with Gasteiger partial charge in [-0.15, -0.1) is 0 Å². The highest BCUT2D eigenvalue weighted by Crippen LogP contribution is 2.15. The summed E-state index contributed by atoms with van der Waals surface area (Å²) in [4.78, 5) is 20.7. The molecule has 2 aromatic heterocycles. The van der Waals surface area contributed by atoms with E-state index in [9.17, 15) is 4.79 Å². The van der Waals surface area contributed by atoms with Crippen LogP contribution in [0.2, 0.25) is 0 Å². The fourth-order valence-corrected chi connectivity index (χ4v) is 2.28. The second-order valence-electron chi connectivity index (χ2n) is 5.29. The van der Waals surface area contributed by atoms with Gasteiger partial charge in [-0.25, -0.2) is 4.98 Å². The van der Waals surface area contributed by atoms with Gasteiger partial charge < -0.3 is 5.32 Å². The lowest BCUT2D eigenvalue weighted by atomic mass is 10.2. The second kappa shape index (κ2) is 7.37. The van der Waals surface area contributed by atoms with Crippen LogP contribution in [0.1, 0.15) is 5.56 Å². The van der Waals surface area contributed by atoms with E-state index >= 15 is 0 Å². The molecule has 0 unspecified atom stereocenters. The normalized spacial score (nSPS) is 10.9. The third-order valence-electron chi connectivity index (χ3n) is 3.60. The van der Waals surface area contributed by atoms with Gasteiger partial charge >= 0.3 is 0 Å². The largest absolute Gasteiger partial charge is 0.352 e. The number of hydrogen-bond acceptors (Lipinski definition) is 4. The van der Waals surface area contributed by atoms with Crippen LogP contribution in [0, 0.1) is 0 Å². The summed E-state index contributed by atoms with van der Waals surface area (Å²) >= 11 is 0. The molecule has 1 aromatic carbocycles. The van der Waals surface area contributed by atoms with Gasteiger partial charge in [0.1, 0.15) is 0 Å². The Morgan fingerprint density at radius 3 is 2.62 bits per heavy atom. The molecule has 0 fully saturated rings. The summed E-state index contributed by atoms with van der Waals surface area (Å²) in [7, 11) is 1.70. The van der Waals surface area contributed by atoms with Gasteiger partial charge in [-0.1, -0.05) is 42.5 Å². The molecule has 0 saturated carbocycles. The highest BCUT2D eigenvalue weighted by molar-refractivity contribution is 5.59. The first kappa shape index (κ1) is 15.7. The van der Waals surface area contributed by atoms with E-state index in [0.29, 0.717) is 18.2 Å². The predicted octanol–water partition coefficient (Wildman–Crippen LogP) is 2.97. The Morgan fingerprint density at radius 2 is 1.88 bits per heavy atom. The van der Waals surface area contributed by atoms with E-state index < -0.39 is 0 Å². The zero-order chi connectivity index (χ0) is 16.8. The van der Waals surface area contributed by atoms with E-state index in [1.807, 2.05) is 54.6 Å². The number of nitrogens with zero attached hydrogens (tertiary/aromatic N) is 3. The van der Waals surface area contributed by atoms with E-state index in [1.165, 1.54) is 10.6 Å². The van der Waals surface area contributed by atoms with Crippen LogP contribution in [0.25, 0.3) is 17.3 Å². The molecule has 24 heavy (non-hydrogen) atoms. The number of anilines is 1. The third-order valence-corrected chi connectivity index (χ3v) is 3.60. The summed E-state index contributed by atoms with van der Waals surface area (Å²) in [6.07, 6.45) is 7.40. The molecule has 0 bridgehead atoms. The number of pyridine rings is 1. The minimum absolute atomic E-state index is 0.105. The first-order valence-corrected chi connectivity index (χ1v) is 7.68. The number of hydrogen-bond donors (Lipinski definition) is 1. The lowest BCUT2D eigenvalue weighted by molar-refractivity contribution is 0.832. The van der Waals surface area contributed by atoms with Crippen molar-refractivity contribution in [2.45, 2.75) is 0 Å². The van der Waals surface area contributed by atoms with Gasteiger partial charge in [-0.2, -0.15) is 0 Å². The van der Waals surface area contributed by atoms with E-state index in [2.05, 4.69) is 15.3 Å². The smallest absolute Gasteiger partial charge is 0.255 e. The Bertz CT molecular complexity index is 886.